The summed E-state index contributed by atoms with van der Waals surface area (Å²) in [4.78, 5) is 12.1. The molecule has 11 heteroatoms. The SMILES string of the molecule is Cc1onc(-c2ccc(F)cc2)c1COc1cc(C(=O)NC(C)C(F)(F)F)n(C)n1.[HH]. The van der Waals surface area contributed by atoms with Gasteiger partial charge in [-0.25, -0.2) is 4.39 Å². The van der Waals surface area contributed by atoms with E-state index in [1.807, 2.05) is 5.32 Å². The van der Waals surface area contributed by atoms with E-state index in [0.717, 1.165) is 11.6 Å². The summed E-state index contributed by atoms with van der Waals surface area (Å²) < 4.78 is 63.0. The smallest absolute Gasteiger partial charge is 0.408 e. The second-order valence-electron chi connectivity index (χ2n) is 6.59. The number of nitrogens with one attached hydrogen (secondary N) is 1. The van der Waals surface area contributed by atoms with Crippen molar-refractivity contribution in [1.29, 1.82) is 0 Å². The van der Waals surface area contributed by atoms with Crippen LogP contribution in [-0.4, -0.2) is 33.1 Å². The number of aromatic nitrogens is 3. The predicted octanol–water partition coefficient (Wildman–Crippen LogP) is 4.03. The van der Waals surface area contributed by atoms with Gasteiger partial charge in [-0.1, -0.05) is 5.16 Å². The molecule has 0 fully saturated rings. The molecular weight excluding hydrogens is 408 g/mol. The molecule has 2 heterocycles. The summed E-state index contributed by atoms with van der Waals surface area (Å²) in [6, 6.07) is 4.88. The third kappa shape index (κ3) is 4.61. The lowest BCUT2D eigenvalue weighted by Crippen LogP contribution is -2.43. The van der Waals surface area contributed by atoms with Crippen molar-refractivity contribution >= 4 is 5.91 Å². The Kier molecular flexibility index (Phi) is 5.81. The first kappa shape index (κ1) is 21.3. The molecule has 0 radical (unpaired) electrons. The van der Waals surface area contributed by atoms with Crippen molar-refractivity contribution < 1.29 is 33.0 Å². The quantitative estimate of drug-likeness (QED) is 0.600. The van der Waals surface area contributed by atoms with Crippen LogP contribution in [0, 0.1) is 12.7 Å². The highest BCUT2D eigenvalue weighted by Gasteiger charge is 2.37. The number of alkyl halides is 3. The molecule has 0 saturated heterocycles. The van der Waals surface area contributed by atoms with E-state index in [2.05, 4.69) is 10.3 Å². The number of amides is 1. The highest BCUT2D eigenvalue weighted by molar-refractivity contribution is 5.93. The molecule has 162 valence electrons. The summed E-state index contributed by atoms with van der Waals surface area (Å²) in [6.07, 6.45) is -4.56. The van der Waals surface area contributed by atoms with Gasteiger partial charge in [0, 0.05) is 20.1 Å². The van der Waals surface area contributed by atoms with Crippen molar-refractivity contribution in [1.82, 2.24) is 20.3 Å². The van der Waals surface area contributed by atoms with Crippen LogP contribution in [-0.2, 0) is 13.7 Å². The normalized spacial score (nSPS) is 12.6. The van der Waals surface area contributed by atoms with Crippen LogP contribution >= 0.6 is 0 Å². The van der Waals surface area contributed by atoms with Gasteiger partial charge in [-0.3, -0.25) is 9.48 Å². The summed E-state index contributed by atoms with van der Waals surface area (Å²) >= 11 is 0. The van der Waals surface area contributed by atoms with Crippen LogP contribution in [0.15, 0.2) is 34.9 Å². The Morgan fingerprint density at radius 3 is 2.63 bits per heavy atom. The molecule has 0 spiro atoms. The van der Waals surface area contributed by atoms with Crippen LogP contribution < -0.4 is 10.1 Å². The van der Waals surface area contributed by atoms with Crippen LogP contribution in [0.25, 0.3) is 11.3 Å². The third-order valence-corrected chi connectivity index (χ3v) is 4.40. The maximum absolute atomic E-state index is 13.2. The molecule has 0 aliphatic rings. The first-order chi connectivity index (χ1) is 14.1. The van der Waals surface area contributed by atoms with Crippen molar-refractivity contribution in [3.05, 3.63) is 53.2 Å². The van der Waals surface area contributed by atoms with Crippen LogP contribution in [0.5, 0.6) is 5.88 Å². The van der Waals surface area contributed by atoms with Crippen LogP contribution in [0.3, 0.4) is 0 Å². The van der Waals surface area contributed by atoms with E-state index in [0.29, 0.717) is 22.6 Å². The Bertz CT molecular complexity index is 1050. The summed E-state index contributed by atoms with van der Waals surface area (Å²) in [5.74, 6) is -0.816. The number of hydrogen-bond acceptors (Lipinski definition) is 5. The minimum absolute atomic E-state index is 0. The molecule has 0 bridgehead atoms. The molecule has 1 N–H and O–H groups in total. The number of carbonyl (C=O) groups is 1. The van der Waals surface area contributed by atoms with Crippen LogP contribution in [0.1, 0.15) is 30.2 Å². The van der Waals surface area contributed by atoms with Crippen LogP contribution in [0.4, 0.5) is 17.6 Å². The number of aryl methyl sites for hydroxylation is 2. The maximum atomic E-state index is 13.2. The summed E-state index contributed by atoms with van der Waals surface area (Å²) in [6.45, 7) is 2.49. The predicted molar refractivity (Wildman–Crippen MR) is 99.3 cm³/mol. The van der Waals surface area contributed by atoms with Gasteiger partial charge < -0.3 is 14.6 Å². The zero-order chi connectivity index (χ0) is 22.1. The van der Waals surface area contributed by atoms with Gasteiger partial charge in [0.05, 0.1) is 5.56 Å². The van der Waals surface area contributed by atoms with Gasteiger partial charge in [-0.2, -0.15) is 13.2 Å². The number of hydrogen-bond donors (Lipinski definition) is 1. The largest absolute Gasteiger partial charge is 0.471 e. The molecule has 3 aromatic rings. The molecule has 1 amide bonds. The third-order valence-electron chi connectivity index (χ3n) is 4.40. The molecule has 1 aromatic carbocycles. The average molecular weight is 428 g/mol. The zero-order valence-electron chi connectivity index (χ0n) is 16.2. The molecule has 7 nitrogen and oxygen atoms in total. The van der Waals surface area contributed by atoms with Gasteiger partial charge in [0.2, 0.25) is 5.88 Å². The number of rotatable bonds is 6. The van der Waals surface area contributed by atoms with E-state index in [4.69, 9.17) is 9.26 Å². The fourth-order valence-corrected chi connectivity index (χ4v) is 2.62. The summed E-state index contributed by atoms with van der Waals surface area (Å²) in [5.41, 5.74) is 1.57. The average Bonchev–Trinajstić information content (AvgIpc) is 3.22. The van der Waals surface area contributed by atoms with Gasteiger partial charge in [0.15, 0.2) is 0 Å². The molecule has 3 rings (SSSR count). The number of carbonyl (C=O) groups excluding carboxylic acids is 1. The molecule has 1 atom stereocenters. The lowest BCUT2D eigenvalue weighted by molar-refractivity contribution is -0.149. The standard InChI is InChI=1S/C19H18F4N4O3.H2/c1-10-14(17(26-30-10)12-4-6-13(20)7-5-12)9-29-16-8-15(27(3)25-16)18(28)24-11(2)19(21,22)23;/h4-8,11H,9H2,1-3H3,(H,24,28);1H. The molecule has 1 unspecified atom stereocenters. The van der Waals surface area contributed by atoms with Gasteiger partial charge in [-0.15, -0.1) is 5.10 Å². The Hall–Kier alpha value is -3.37. The van der Waals surface area contributed by atoms with E-state index in [9.17, 15) is 22.4 Å². The first-order valence-electron chi connectivity index (χ1n) is 8.81. The highest BCUT2D eigenvalue weighted by Crippen LogP contribution is 2.27. The van der Waals surface area contributed by atoms with Gasteiger partial charge >= 0.3 is 6.18 Å². The van der Waals surface area contributed by atoms with Gasteiger partial charge in [0.25, 0.3) is 5.91 Å². The zero-order valence-corrected chi connectivity index (χ0v) is 16.2. The molecule has 2 aromatic heterocycles. The van der Waals surface area contributed by atoms with Crippen LogP contribution in [0.2, 0.25) is 0 Å². The van der Waals surface area contributed by atoms with Gasteiger partial charge in [0.1, 0.15) is 35.6 Å². The number of ether oxygens (including phenoxy) is 1. The Labute approximate surface area is 170 Å². The Morgan fingerprint density at radius 1 is 1.33 bits per heavy atom. The number of nitrogens with zero attached hydrogens (tertiary/aromatic N) is 3. The lowest BCUT2D eigenvalue weighted by atomic mass is 10.1. The maximum Gasteiger partial charge on any atom is 0.408 e. The number of benzene rings is 1. The monoisotopic (exact) mass is 428 g/mol. The van der Waals surface area contributed by atoms with Crippen molar-refractivity contribution in [2.75, 3.05) is 0 Å². The number of halogens is 4. The molecule has 0 aliphatic heterocycles. The second kappa shape index (κ2) is 8.17. The fraction of sp³-hybridized carbons (Fsp3) is 0.316. The minimum Gasteiger partial charge on any atom is -0.471 e. The minimum atomic E-state index is -4.56. The van der Waals surface area contributed by atoms with E-state index in [1.165, 1.54) is 25.2 Å². The Balaban J connectivity index is 0.00000341. The molecule has 30 heavy (non-hydrogen) atoms. The van der Waals surface area contributed by atoms with E-state index < -0.39 is 23.9 Å². The Morgan fingerprint density at radius 2 is 2.00 bits per heavy atom. The lowest BCUT2D eigenvalue weighted by Gasteiger charge is -2.16. The summed E-state index contributed by atoms with van der Waals surface area (Å²) in [5, 5.41) is 9.83. The van der Waals surface area contributed by atoms with E-state index in [1.54, 1.807) is 19.1 Å². The molecule has 0 saturated carbocycles. The van der Waals surface area contributed by atoms with Gasteiger partial charge in [-0.05, 0) is 38.1 Å². The fourth-order valence-electron chi connectivity index (χ4n) is 2.62. The van der Waals surface area contributed by atoms with Crippen molar-refractivity contribution in [2.24, 2.45) is 7.05 Å². The molecule has 0 aliphatic carbocycles. The summed E-state index contributed by atoms with van der Waals surface area (Å²) in [7, 11) is 1.41. The second-order valence-corrected chi connectivity index (χ2v) is 6.59. The topological polar surface area (TPSA) is 82.2 Å². The van der Waals surface area contributed by atoms with Crippen molar-refractivity contribution in [3.63, 3.8) is 0 Å². The highest BCUT2D eigenvalue weighted by atomic mass is 19.4. The van der Waals surface area contributed by atoms with Crippen molar-refractivity contribution in [2.45, 2.75) is 32.7 Å². The van der Waals surface area contributed by atoms with E-state index in [-0.39, 0.29) is 19.6 Å². The van der Waals surface area contributed by atoms with Crippen molar-refractivity contribution in [3.8, 4) is 17.1 Å². The molecular formula is C19H20F4N4O3. The van der Waals surface area contributed by atoms with E-state index >= 15 is 0 Å². The first-order valence-corrected chi connectivity index (χ1v) is 8.81.